The van der Waals surface area contributed by atoms with E-state index in [2.05, 4.69) is 10.6 Å². The number of carbonyl (C=O) groups excluding carboxylic acids is 2. The minimum Gasteiger partial charge on any atom is -0.481 e. The van der Waals surface area contributed by atoms with Gasteiger partial charge in [-0.3, -0.25) is 9.59 Å². The Morgan fingerprint density at radius 2 is 1.79 bits per heavy atom. The van der Waals surface area contributed by atoms with E-state index in [0.717, 1.165) is 5.69 Å². The Labute approximate surface area is 180 Å². The molecule has 8 nitrogen and oxygen atoms in total. The molecule has 0 saturated carbocycles. The number of amides is 2. The zero-order chi connectivity index (χ0) is 22.0. The molecule has 162 valence electrons. The molecule has 10 heteroatoms. The molecule has 0 aliphatic carbocycles. The summed E-state index contributed by atoms with van der Waals surface area (Å²) >= 11 is 11.7. The van der Waals surface area contributed by atoms with E-state index in [1.54, 1.807) is 39.0 Å². The van der Waals surface area contributed by atoms with Crippen molar-refractivity contribution in [3.63, 3.8) is 0 Å². The Morgan fingerprint density at radius 3 is 2.31 bits per heavy atom. The number of benzene rings is 1. The number of nitrogens with one attached hydrogen (secondary N) is 2. The SMILES string of the molecule is CC(C)(C)OC(=O)NC(CC(=O)O)C(=O)Nc1cccc(N(CCCl)CCCl)c1. The molecule has 0 aliphatic rings. The number of ether oxygens (including phenoxy) is 1. The number of aliphatic carboxylic acids is 1. The lowest BCUT2D eigenvalue weighted by Crippen LogP contribution is -2.46. The first-order valence-electron chi connectivity index (χ1n) is 9.05. The number of rotatable bonds is 10. The van der Waals surface area contributed by atoms with E-state index >= 15 is 0 Å². The Hall–Kier alpha value is -2.19. The van der Waals surface area contributed by atoms with Gasteiger partial charge in [0.1, 0.15) is 11.6 Å². The lowest BCUT2D eigenvalue weighted by atomic mass is 10.1. The van der Waals surface area contributed by atoms with E-state index in [4.69, 9.17) is 33.0 Å². The normalized spacial score (nSPS) is 12.0. The van der Waals surface area contributed by atoms with Gasteiger partial charge in [0.2, 0.25) is 5.91 Å². The lowest BCUT2D eigenvalue weighted by Gasteiger charge is -2.24. The van der Waals surface area contributed by atoms with Crippen LogP contribution in [0.25, 0.3) is 0 Å². The smallest absolute Gasteiger partial charge is 0.408 e. The molecule has 0 bridgehead atoms. The molecule has 0 aliphatic heterocycles. The number of nitrogens with zero attached hydrogens (tertiary/aromatic N) is 1. The average Bonchev–Trinajstić information content (AvgIpc) is 2.59. The number of anilines is 2. The van der Waals surface area contributed by atoms with Crippen LogP contribution in [0.1, 0.15) is 27.2 Å². The second-order valence-electron chi connectivity index (χ2n) is 7.20. The molecule has 0 spiro atoms. The molecule has 3 N–H and O–H groups in total. The predicted molar refractivity (Wildman–Crippen MR) is 114 cm³/mol. The third kappa shape index (κ3) is 9.71. The maximum Gasteiger partial charge on any atom is 0.408 e. The summed E-state index contributed by atoms with van der Waals surface area (Å²) < 4.78 is 5.10. The summed E-state index contributed by atoms with van der Waals surface area (Å²) in [5.74, 6) is -1.08. The number of carboxylic acid groups (broad SMARTS) is 1. The largest absolute Gasteiger partial charge is 0.481 e. The molecule has 0 fully saturated rings. The van der Waals surface area contributed by atoms with Gasteiger partial charge in [-0.2, -0.15) is 0 Å². The van der Waals surface area contributed by atoms with Crippen LogP contribution >= 0.6 is 23.2 Å². The molecule has 0 heterocycles. The van der Waals surface area contributed by atoms with Crippen molar-refractivity contribution in [2.45, 2.75) is 38.8 Å². The summed E-state index contributed by atoms with van der Waals surface area (Å²) in [5, 5.41) is 14.0. The van der Waals surface area contributed by atoms with Crippen molar-refractivity contribution >= 4 is 52.5 Å². The number of alkyl halides is 2. The van der Waals surface area contributed by atoms with Crippen LogP contribution in [0.5, 0.6) is 0 Å². The molecular formula is C19H27Cl2N3O5. The Bertz CT molecular complexity index is 703. The summed E-state index contributed by atoms with van der Waals surface area (Å²) in [7, 11) is 0. The number of alkyl carbamates (subject to hydrolysis) is 1. The Balaban J connectivity index is 2.92. The fourth-order valence-electron chi connectivity index (χ4n) is 2.42. The summed E-state index contributed by atoms with van der Waals surface area (Å²) in [6.45, 7) is 6.15. The van der Waals surface area contributed by atoms with Gasteiger partial charge in [0, 0.05) is 36.2 Å². The molecule has 1 unspecified atom stereocenters. The second-order valence-corrected chi connectivity index (χ2v) is 7.96. The molecule has 1 atom stereocenters. The summed E-state index contributed by atoms with van der Waals surface area (Å²) in [4.78, 5) is 37.6. The van der Waals surface area contributed by atoms with Gasteiger partial charge in [-0.1, -0.05) is 6.07 Å². The molecule has 1 rings (SSSR count). The fourth-order valence-corrected chi connectivity index (χ4v) is 2.83. The number of carboxylic acids is 1. The van der Waals surface area contributed by atoms with Crippen LogP contribution in [0.2, 0.25) is 0 Å². The van der Waals surface area contributed by atoms with Gasteiger partial charge in [0.05, 0.1) is 6.42 Å². The van der Waals surface area contributed by atoms with Crippen molar-refractivity contribution in [3.8, 4) is 0 Å². The van der Waals surface area contributed by atoms with Gasteiger partial charge in [-0.25, -0.2) is 4.79 Å². The van der Waals surface area contributed by atoms with E-state index in [1.165, 1.54) is 0 Å². The van der Waals surface area contributed by atoms with Crippen LogP contribution in [-0.4, -0.2) is 59.6 Å². The molecule has 2 amide bonds. The summed E-state index contributed by atoms with van der Waals surface area (Å²) in [6.07, 6.45) is -1.46. The first-order valence-corrected chi connectivity index (χ1v) is 10.1. The lowest BCUT2D eigenvalue weighted by molar-refractivity contribution is -0.139. The fraction of sp³-hybridized carbons (Fsp3) is 0.526. The minimum absolute atomic E-state index is 0.411. The Kier molecular flexibility index (Phi) is 10.0. The maximum absolute atomic E-state index is 12.6. The molecule has 1 aromatic rings. The Morgan fingerprint density at radius 1 is 1.17 bits per heavy atom. The number of hydrogen-bond acceptors (Lipinski definition) is 5. The van der Waals surface area contributed by atoms with E-state index in [0.29, 0.717) is 30.5 Å². The van der Waals surface area contributed by atoms with Crippen LogP contribution in [0.15, 0.2) is 24.3 Å². The minimum atomic E-state index is -1.30. The van der Waals surface area contributed by atoms with E-state index in [-0.39, 0.29) is 0 Å². The molecule has 0 radical (unpaired) electrons. The van der Waals surface area contributed by atoms with Crippen molar-refractivity contribution in [3.05, 3.63) is 24.3 Å². The number of carbonyl (C=O) groups is 3. The van der Waals surface area contributed by atoms with Crippen LogP contribution < -0.4 is 15.5 Å². The van der Waals surface area contributed by atoms with E-state index in [1.807, 2.05) is 11.0 Å². The van der Waals surface area contributed by atoms with Crippen LogP contribution in [0, 0.1) is 0 Å². The van der Waals surface area contributed by atoms with Crippen LogP contribution in [0.3, 0.4) is 0 Å². The van der Waals surface area contributed by atoms with Crippen LogP contribution in [-0.2, 0) is 14.3 Å². The highest BCUT2D eigenvalue weighted by Gasteiger charge is 2.26. The molecular weight excluding hydrogens is 421 g/mol. The van der Waals surface area contributed by atoms with Crippen LogP contribution in [0.4, 0.5) is 16.2 Å². The third-order valence-electron chi connectivity index (χ3n) is 3.57. The first kappa shape index (κ1) is 24.8. The predicted octanol–water partition coefficient (Wildman–Crippen LogP) is 3.28. The van der Waals surface area contributed by atoms with Crippen molar-refractivity contribution in [1.29, 1.82) is 0 Å². The average molecular weight is 448 g/mol. The zero-order valence-corrected chi connectivity index (χ0v) is 18.2. The topological polar surface area (TPSA) is 108 Å². The molecule has 0 saturated heterocycles. The van der Waals surface area contributed by atoms with Crippen molar-refractivity contribution in [2.24, 2.45) is 0 Å². The van der Waals surface area contributed by atoms with Crippen molar-refractivity contribution in [1.82, 2.24) is 5.32 Å². The first-order chi connectivity index (χ1) is 13.6. The highest BCUT2D eigenvalue weighted by Crippen LogP contribution is 2.20. The monoisotopic (exact) mass is 447 g/mol. The van der Waals surface area contributed by atoms with E-state index < -0.39 is 36.0 Å². The maximum atomic E-state index is 12.6. The highest BCUT2D eigenvalue weighted by atomic mass is 35.5. The highest BCUT2D eigenvalue weighted by molar-refractivity contribution is 6.18. The van der Waals surface area contributed by atoms with Gasteiger partial charge in [0.15, 0.2) is 0 Å². The quantitative estimate of drug-likeness (QED) is 0.474. The van der Waals surface area contributed by atoms with Crippen molar-refractivity contribution in [2.75, 3.05) is 35.1 Å². The van der Waals surface area contributed by atoms with E-state index in [9.17, 15) is 14.4 Å². The van der Waals surface area contributed by atoms with Crippen molar-refractivity contribution < 1.29 is 24.2 Å². The standard InChI is InChI=1S/C19H27Cl2N3O5/c1-19(2,3)29-18(28)23-15(12-16(25)26)17(27)22-13-5-4-6-14(11-13)24(9-7-20)10-8-21/h4-6,11,15H,7-10,12H2,1-3H3,(H,22,27)(H,23,28)(H,25,26). The van der Waals surface area contributed by atoms with Gasteiger partial charge in [0.25, 0.3) is 0 Å². The summed E-state index contributed by atoms with van der Waals surface area (Å²) in [5.41, 5.74) is 0.471. The zero-order valence-electron chi connectivity index (χ0n) is 16.7. The number of hydrogen-bond donors (Lipinski definition) is 3. The molecule has 29 heavy (non-hydrogen) atoms. The number of halogens is 2. The second kappa shape index (κ2) is 11.7. The van der Waals surface area contributed by atoms with Gasteiger partial charge in [-0.15, -0.1) is 23.2 Å². The summed E-state index contributed by atoms with van der Waals surface area (Å²) in [6, 6.07) is 5.68. The molecule has 1 aromatic carbocycles. The van der Waals surface area contributed by atoms with Gasteiger partial charge < -0.3 is 25.4 Å². The molecule has 0 aromatic heterocycles. The third-order valence-corrected chi connectivity index (χ3v) is 3.91. The van der Waals surface area contributed by atoms with Gasteiger partial charge >= 0.3 is 12.1 Å². The van der Waals surface area contributed by atoms with Gasteiger partial charge in [-0.05, 0) is 39.0 Å².